The molecule has 1 saturated carbocycles. The van der Waals surface area contributed by atoms with Gasteiger partial charge in [-0.25, -0.2) is 13.6 Å². The SMILES string of the molecule is O=CN(Cc1cccc(F)c1)c1ccc(C(=O)O)cc1C1CC1c1ccc(F)cc1. The average molecular weight is 407 g/mol. The number of halogens is 2. The highest BCUT2D eigenvalue weighted by molar-refractivity contribution is 5.90. The number of anilines is 1. The lowest BCUT2D eigenvalue weighted by molar-refractivity contribution is -0.107. The van der Waals surface area contributed by atoms with Crippen LogP contribution in [0.25, 0.3) is 0 Å². The summed E-state index contributed by atoms with van der Waals surface area (Å²) in [6.07, 6.45) is 1.44. The van der Waals surface area contributed by atoms with Gasteiger partial charge in [0.05, 0.1) is 12.1 Å². The zero-order valence-corrected chi connectivity index (χ0v) is 16.0. The fraction of sp³-hybridized carbons (Fsp3) is 0.167. The second-order valence-electron chi connectivity index (χ2n) is 7.44. The molecule has 0 bridgehead atoms. The summed E-state index contributed by atoms with van der Waals surface area (Å²) in [5.41, 5.74) is 3.06. The first-order chi connectivity index (χ1) is 14.5. The van der Waals surface area contributed by atoms with E-state index in [1.54, 1.807) is 36.4 Å². The van der Waals surface area contributed by atoms with Crippen LogP contribution in [0.2, 0.25) is 0 Å². The number of amides is 1. The van der Waals surface area contributed by atoms with Crippen LogP contribution in [-0.4, -0.2) is 17.5 Å². The molecule has 1 fully saturated rings. The molecular formula is C24H19F2NO3. The Hall–Kier alpha value is -3.54. The highest BCUT2D eigenvalue weighted by Gasteiger charge is 2.41. The van der Waals surface area contributed by atoms with Crippen LogP contribution in [0.5, 0.6) is 0 Å². The van der Waals surface area contributed by atoms with Crippen LogP contribution in [0, 0.1) is 11.6 Å². The van der Waals surface area contributed by atoms with Crippen molar-refractivity contribution in [2.24, 2.45) is 0 Å². The van der Waals surface area contributed by atoms with Gasteiger partial charge in [-0.2, -0.15) is 0 Å². The monoisotopic (exact) mass is 407 g/mol. The molecular weight excluding hydrogens is 388 g/mol. The Balaban J connectivity index is 1.68. The maximum Gasteiger partial charge on any atom is 0.335 e. The Bertz CT molecular complexity index is 1100. The van der Waals surface area contributed by atoms with E-state index in [4.69, 9.17) is 0 Å². The third-order valence-corrected chi connectivity index (χ3v) is 5.44. The van der Waals surface area contributed by atoms with Gasteiger partial charge in [-0.3, -0.25) is 4.79 Å². The van der Waals surface area contributed by atoms with E-state index in [1.807, 2.05) is 0 Å². The molecule has 1 aliphatic rings. The molecule has 4 rings (SSSR count). The minimum absolute atomic E-state index is 0.0136. The second-order valence-corrected chi connectivity index (χ2v) is 7.44. The molecule has 0 spiro atoms. The molecule has 3 aromatic rings. The Labute approximate surface area is 172 Å². The Morgan fingerprint density at radius 1 is 1.00 bits per heavy atom. The molecule has 1 aliphatic carbocycles. The molecule has 0 saturated heterocycles. The number of carboxylic acid groups (broad SMARTS) is 1. The predicted octanol–water partition coefficient (Wildman–Crippen LogP) is 5.10. The van der Waals surface area contributed by atoms with E-state index in [-0.39, 0.29) is 29.8 Å². The molecule has 152 valence electrons. The van der Waals surface area contributed by atoms with Gasteiger partial charge in [0.2, 0.25) is 6.41 Å². The summed E-state index contributed by atoms with van der Waals surface area (Å²) in [6, 6.07) is 16.9. The predicted molar refractivity (Wildman–Crippen MR) is 109 cm³/mol. The van der Waals surface area contributed by atoms with Crippen molar-refractivity contribution in [3.05, 3.63) is 101 Å². The van der Waals surface area contributed by atoms with E-state index in [9.17, 15) is 23.5 Å². The molecule has 1 N–H and O–H groups in total. The number of hydrogen-bond acceptors (Lipinski definition) is 2. The van der Waals surface area contributed by atoms with E-state index >= 15 is 0 Å². The van der Waals surface area contributed by atoms with Gasteiger partial charge in [0.1, 0.15) is 11.6 Å². The highest BCUT2D eigenvalue weighted by atomic mass is 19.1. The lowest BCUT2D eigenvalue weighted by Crippen LogP contribution is -2.22. The fourth-order valence-corrected chi connectivity index (χ4v) is 3.87. The fourth-order valence-electron chi connectivity index (χ4n) is 3.87. The molecule has 0 aliphatic heterocycles. The van der Waals surface area contributed by atoms with Crippen LogP contribution >= 0.6 is 0 Å². The molecule has 3 aromatic carbocycles. The van der Waals surface area contributed by atoms with Crippen molar-refractivity contribution < 1.29 is 23.5 Å². The summed E-state index contributed by atoms with van der Waals surface area (Å²) in [5, 5.41) is 9.41. The van der Waals surface area contributed by atoms with Gasteiger partial charge < -0.3 is 10.0 Å². The summed E-state index contributed by atoms with van der Waals surface area (Å²) in [4.78, 5) is 24.8. The van der Waals surface area contributed by atoms with E-state index in [2.05, 4.69) is 0 Å². The minimum atomic E-state index is -1.05. The van der Waals surface area contributed by atoms with Crippen LogP contribution in [0.4, 0.5) is 14.5 Å². The van der Waals surface area contributed by atoms with Crippen molar-refractivity contribution in [3.8, 4) is 0 Å². The van der Waals surface area contributed by atoms with E-state index in [0.717, 1.165) is 17.5 Å². The Morgan fingerprint density at radius 3 is 2.43 bits per heavy atom. The number of nitrogens with zero attached hydrogens (tertiary/aromatic N) is 1. The Kier molecular flexibility index (Phi) is 5.31. The van der Waals surface area contributed by atoms with Gasteiger partial charge in [-0.1, -0.05) is 24.3 Å². The molecule has 2 atom stereocenters. The number of aromatic carboxylic acids is 1. The first-order valence-electron chi connectivity index (χ1n) is 9.55. The van der Waals surface area contributed by atoms with E-state index in [0.29, 0.717) is 17.7 Å². The third-order valence-electron chi connectivity index (χ3n) is 5.44. The number of carbonyl (C=O) groups excluding carboxylic acids is 1. The molecule has 1 amide bonds. The van der Waals surface area contributed by atoms with Gasteiger partial charge in [0, 0.05) is 5.69 Å². The highest BCUT2D eigenvalue weighted by Crippen LogP contribution is 2.56. The van der Waals surface area contributed by atoms with Crippen molar-refractivity contribution in [2.75, 3.05) is 4.90 Å². The van der Waals surface area contributed by atoms with E-state index < -0.39 is 11.8 Å². The van der Waals surface area contributed by atoms with Crippen LogP contribution in [0.15, 0.2) is 66.7 Å². The third kappa shape index (κ3) is 4.08. The Morgan fingerprint density at radius 2 is 1.77 bits per heavy atom. The lowest BCUT2D eigenvalue weighted by Gasteiger charge is -2.22. The zero-order valence-electron chi connectivity index (χ0n) is 16.0. The number of hydrogen-bond donors (Lipinski definition) is 1. The molecule has 6 heteroatoms. The smallest absolute Gasteiger partial charge is 0.335 e. The van der Waals surface area contributed by atoms with E-state index in [1.165, 1.54) is 35.2 Å². The van der Waals surface area contributed by atoms with Crippen LogP contribution in [0.1, 0.15) is 45.3 Å². The topological polar surface area (TPSA) is 57.6 Å². The molecule has 30 heavy (non-hydrogen) atoms. The summed E-state index contributed by atoms with van der Waals surface area (Å²) >= 11 is 0. The number of benzene rings is 3. The lowest BCUT2D eigenvalue weighted by atomic mass is 9.99. The number of rotatable bonds is 7. The molecule has 0 heterocycles. The molecule has 2 unspecified atom stereocenters. The van der Waals surface area contributed by atoms with Crippen molar-refractivity contribution in [1.82, 2.24) is 0 Å². The summed E-state index contributed by atoms with van der Waals surface area (Å²) in [6.45, 7) is 0.161. The van der Waals surface area contributed by atoms with Gasteiger partial charge in [-0.15, -0.1) is 0 Å². The van der Waals surface area contributed by atoms with Crippen molar-refractivity contribution in [2.45, 2.75) is 24.8 Å². The summed E-state index contributed by atoms with van der Waals surface area (Å²) < 4.78 is 26.8. The largest absolute Gasteiger partial charge is 0.478 e. The van der Waals surface area contributed by atoms with Gasteiger partial charge >= 0.3 is 5.97 Å². The maximum atomic E-state index is 13.6. The van der Waals surface area contributed by atoms with Crippen molar-refractivity contribution in [3.63, 3.8) is 0 Å². The summed E-state index contributed by atoms with van der Waals surface area (Å²) in [7, 11) is 0. The standard InChI is InChI=1S/C24H19F2NO3/c25-18-7-4-16(5-8-18)20-12-21(20)22-11-17(24(29)30)6-9-23(22)27(14-28)13-15-2-1-3-19(26)10-15/h1-11,14,20-21H,12-13H2,(H,29,30). The van der Waals surface area contributed by atoms with Crippen molar-refractivity contribution in [1.29, 1.82) is 0 Å². The first-order valence-corrected chi connectivity index (χ1v) is 9.55. The molecule has 0 aromatic heterocycles. The minimum Gasteiger partial charge on any atom is -0.478 e. The maximum absolute atomic E-state index is 13.6. The van der Waals surface area contributed by atoms with Crippen molar-refractivity contribution >= 4 is 18.1 Å². The summed E-state index contributed by atoms with van der Waals surface area (Å²) in [5.74, 6) is -1.62. The zero-order chi connectivity index (χ0) is 21.3. The van der Waals surface area contributed by atoms with Crippen LogP contribution < -0.4 is 4.90 Å². The number of carboxylic acids is 1. The molecule has 0 radical (unpaired) electrons. The van der Waals surface area contributed by atoms with Gasteiger partial charge in [0.25, 0.3) is 0 Å². The average Bonchev–Trinajstić information content (AvgIpc) is 3.53. The number of carbonyl (C=O) groups is 2. The second kappa shape index (κ2) is 8.06. The van der Waals surface area contributed by atoms with Gasteiger partial charge in [-0.05, 0) is 77.4 Å². The van der Waals surface area contributed by atoms with Crippen LogP contribution in [0.3, 0.4) is 0 Å². The van der Waals surface area contributed by atoms with Gasteiger partial charge in [0.15, 0.2) is 0 Å². The normalized spacial score (nSPS) is 17.4. The first kappa shape index (κ1) is 19.8. The molecule has 4 nitrogen and oxygen atoms in total. The quantitative estimate of drug-likeness (QED) is 0.555. The van der Waals surface area contributed by atoms with Crippen LogP contribution in [-0.2, 0) is 11.3 Å².